The van der Waals surface area contributed by atoms with Crippen molar-refractivity contribution in [3.05, 3.63) is 46.0 Å². The van der Waals surface area contributed by atoms with Gasteiger partial charge in [-0.3, -0.25) is 23.7 Å². The summed E-state index contributed by atoms with van der Waals surface area (Å²) >= 11 is 0. The third-order valence-electron chi connectivity index (χ3n) is 5.30. The van der Waals surface area contributed by atoms with Gasteiger partial charge in [0.15, 0.2) is 0 Å². The van der Waals surface area contributed by atoms with E-state index in [-0.39, 0.29) is 18.1 Å². The fraction of sp³-hybridized carbons (Fsp3) is 0.421. The summed E-state index contributed by atoms with van der Waals surface area (Å²) in [6.45, 7) is 2.82. The lowest BCUT2D eigenvalue weighted by Gasteiger charge is -2.20. The highest BCUT2D eigenvalue weighted by Gasteiger charge is 2.56. The molecule has 1 aliphatic carbocycles. The first-order chi connectivity index (χ1) is 13.3. The molecule has 1 saturated carbocycles. The summed E-state index contributed by atoms with van der Waals surface area (Å²) in [5.41, 5.74) is 0.368. The summed E-state index contributed by atoms with van der Waals surface area (Å²) in [4.78, 5) is 54.2. The number of imide groups is 1. The van der Waals surface area contributed by atoms with Crippen LogP contribution in [0, 0.1) is 12.8 Å². The van der Waals surface area contributed by atoms with Crippen molar-refractivity contribution in [3.8, 4) is 0 Å². The zero-order chi connectivity index (χ0) is 20.1. The Morgan fingerprint density at radius 2 is 2.11 bits per heavy atom. The van der Waals surface area contributed by atoms with Crippen LogP contribution in [0.5, 0.6) is 0 Å². The van der Waals surface area contributed by atoms with Crippen LogP contribution >= 0.6 is 0 Å². The molecule has 0 spiro atoms. The van der Waals surface area contributed by atoms with Gasteiger partial charge in [0.25, 0.3) is 11.5 Å². The lowest BCUT2D eigenvalue weighted by atomic mass is 9.96. The smallest absolute Gasteiger partial charge is 0.326 e. The maximum absolute atomic E-state index is 12.5. The first-order valence-electron chi connectivity index (χ1n) is 9.07. The highest BCUT2D eigenvalue weighted by Crippen LogP contribution is 2.42. The first-order valence-corrected chi connectivity index (χ1v) is 9.07. The van der Waals surface area contributed by atoms with Gasteiger partial charge in [-0.05, 0) is 44.2 Å². The number of carbonyl (C=O) groups excluding carboxylic acids is 3. The Bertz CT molecular complexity index is 1060. The largest absolute Gasteiger partial charge is 0.458 e. The summed E-state index contributed by atoms with van der Waals surface area (Å²) in [5, 5.41) is 2.68. The molecule has 1 atom stereocenters. The van der Waals surface area contributed by atoms with Crippen molar-refractivity contribution in [3.63, 3.8) is 0 Å². The number of aromatic nitrogens is 2. The second kappa shape index (κ2) is 6.43. The van der Waals surface area contributed by atoms with Gasteiger partial charge in [-0.2, -0.15) is 0 Å². The third-order valence-corrected chi connectivity index (χ3v) is 5.30. The molecule has 2 aromatic rings. The van der Waals surface area contributed by atoms with E-state index in [1.807, 2.05) is 13.0 Å². The Morgan fingerprint density at radius 3 is 2.82 bits per heavy atom. The summed E-state index contributed by atoms with van der Waals surface area (Å²) in [6, 6.07) is 4.27. The van der Waals surface area contributed by atoms with Crippen LogP contribution in [0.1, 0.15) is 31.0 Å². The second-order valence-electron chi connectivity index (χ2n) is 7.43. The van der Waals surface area contributed by atoms with Gasteiger partial charge in [-0.15, -0.1) is 0 Å². The van der Waals surface area contributed by atoms with E-state index in [1.165, 1.54) is 10.5 Å². The molecule has 1 aliphatic heterocycles. The number of nitrogens with one attached hydrogen (secondary N) is 1. The van der Waals surface area contributed by atoms with Crippen LogP contribution in [-0.4, -0.2) is 44.3 Å². The predicted molar refractivity (Wildman–Crippen MR) is 97.4 cm³/mol. The fourth-order valence-electron chi connectivity index (χ4n) is 3.51. The van der Waals surface area contributed by atoms with Crippen molar-refractivity contribution in [2.45, 2.75) is 38.8 Å². The molecular weight excluding hydrogens is 364 g/mol. The Hall–Kier alpha value is -3.23. The lowest BCUT2D eigenvalue weighted by Crippen LogP contribution is -2.46. The Kier molecular flexibility index (Phi) is 4.17. The summed E-state index contributed by atoms with van der Waals surface area (Å²) in [7, 11) is 0. The fourth-order valence-corrected chi connectivity index (χ4v) is 3.51. The average molecular weight is 384 g/mol. The van der Waals surface area contributed by atoms with Gasteiger partial charge < -0.3 is 10.1 Å². The van der Waals surface area contributed by atoms with Gasteiger partial charge in [-0.1, -0.05) is 6.07 Å². The number of amides is 3. The van der Waals surface area contributed by atoms with E-state index in [0.29, 0.717) is 11.3 Å². The van der Waals surface area contributed by atoms with Crippen LogP contribution in [0.4, 0.5) is 4.79 Å². The van der Waals surface area contributed by atoms with E-state index in [4.69, 9.17) is 4.74 Å². The highest BCUT2D eigenvalue weighted by atomic mass is 16.5. The van der Waals surface area contributed by atoms with Crippen LogP contribution in [0.3, 0.4) is 0 Å². The number of ether oxygens (including phenoxy) is 1. The molecule has 3 heterocycles. The van der Waals surface area contributed by atoms with Crippen molar-refractivity contribution in [1.29, 1.82) is 0 Å². The van der Waals surface area contributed by atoms with Gasteiger partial charge in [0, 0.05) is 12.3 Å². The second-order valence-corrected chi connectivity index (χ2v) is 7.43. The third kappa shape index (κ3) is 3.02. The van der Waals surface area contributed by atoms with Gasteiger partial charge in [-0.25, -0.2) is 9.78 Å². The van der Waals surface area contributed by atoms with Crippen LogP contribution in [0.25, 0.3) is 5.65 Å². The maximum atomic E-state index is 12.5. The summed E-state index contributed by atoms with van der Waals surface area (Å²) < 4.78 is 6.56. The number of fused-ring (bicyclic) bond motifs is 1. The average Bonchev–Trinajstić information content (AvgIpc) is 3.47. The van der Waals surface area contributed by atoms with Crippen molar-refractivity contribution < 1.29 is 19.1 Å². The molecule has 0 bridgehead atoms. The minimum atomic E-state index is -0.941. The quantitative estimate of drug-likeness (QED) is 0.602. The molecule has 2 aliphatic rings. The van der Waals surface area contributed by atoms with Crippen LogP contribution in [-0.2, 0) is 20.9 Å². The summed E-state index contributed by atoms with van der Waals surface area (Å²) in [5.74, 6) is -1.03. The molecule has 4 rings (SSSR count). The zero-order valence-electron chi connectivity index (χ0n) is 15.6. The number of hydrogen-bond acceptors (Lipinski definition) is 6. The lowest BCUT2D eigenvalue weighted by molar-refractivity contribution is -0.149. The molecule has 9 nitrogen and oxygen atoms in total. The molecule has 0 aromatic carbocycles. The van der Waals surface area contributed by atoms with Crippen LogP contribution < -0.4 is 10.9 Å². The van der Waals surface area contributed by atoms with E-state index < -0.39 is 30.0 Å². The number of nitrogens with zero attached hydrogens (tertiary/aromatic N) is 3. The van der Waals surface area contributed by atoms with Crippen molar-refractivity contribution >= 4 is 23.6 Å². The minimum absolute atomic E-state index is 0.114. The molecule has 9 heteroatoms. The normalized spacial score (nSPS) is 21.9. The molecule has 3 amide bonds. The highest BCUT2D eigenvalue weighted by molar-refractivity contribution is 6.08. The zero-order valence-corrected chi connectivity index (χ0v) is 15.6. The van der Waals surface area contributed by atoms with Crippen molar-refractivity contribution in [2.24, 2.45) is 5.92 Å². The Balaban J connectivity index is 1.43. The number of urea groups is 1. The van der Waals surface area contributed by atoms with Crippen molar-refractivity contribution in [2.75, 3.05) is 6.54 Å². The number of pyridine rings is 1. The Labute approximate surface area is 160 Å². The van der Waals surface area contributed by atoms with Gasteiger partial charge in [0.2, 0.25) is 0 Å². The van der Waals surface area contributed by atoms with Gasteiger partial charge in [0.05, 0.1) is 5.69 Å². The van der Waals surface area contributed by atoms with Crippen LogP contribution in [0.2, 0.25) is 0 Å². The maximum Gasteiger partial charge on any atom is 0.326 e. The van der Waals surface area contributed by atoms with E-state index in [1.54, 1.807) is 19.2 Å². The standard InChI is InChI=1S/C19H20N4O5/c1-11-4-3-7-22-14(24)8-13(20-16(11)22)10-28-15(25)9-23-17(26)19(2,12-5-6-12)21-18(23)27/h3-4,7-8,12H,5-6,9-10H2,1-2H3,(H,21,27)/t19-/m1/s1. The first kappa shape index (κ1) is 18.1. The number of aryl methyl sites for hydroxylation is 1. The van der Waals surface area contributed by atoms with E-state index in [2.05, 4.69) is 10.3 Å². The minimum Gasteiger partial charge on any atom is -0.458 e. The SMILES string of the molecule is Cc1cccn2c(=O)cc(COC(=O)CN3C(=O)N[C@](C)(C4CC4)C3=O)nc12. The van der Waals surface area contributed by atoms with Gasteiger partial charge in [0.1, 0.15) is 24.3 Å². The Morgan fingerprint density at radius 1 is 1.36 bits per heavy atom. The van der Waals surface area contributed by atoms with E-state index in [0.717, 1.165) is 23.3 Å². The molecule has 2 fully saturated rings. The number of esters is 1. The van der Waals surface area contributed by atoms with Crippen LogP contribution in [0.15, 0.2) is 29.2 Å². The molecule has 2 aromatic heterocycles. The number of rotatable bonds is 5. The molecule has 28 heavy (non-hydrogen) atoms. The molecular formula is C19H20N4O5. The predicted octanol–water partition coefficient (Wildman–Crippen LogP) is 0.767. The number of carbonyl (C=O) groups is 3. The molecule has 146 valence electrons. The van der Waals surface area contributed by atoms with E-state index in [9.17, 15) is 19.2 Å². The van der Waals surface area contributed by atoms with Gasteiger partial charge >= 0.3 is 12.0 Å². The molecule has 0 radical (unpaired) electrons. The molecule has 1 N–H and O–H groups in total. The molecule has 0 unspecified atom stereocenters. The summed E-state index contributed by atoms with van der Waals surface area (Å²) in [6.07, 6.45) is 3.37. The molecule has 1 saturated heterocycles. The monoisotopic (exact) mass is 384 g/mol. The number of hydrogen-bond donors (Lipinski definition) is 1. The topological polar surface area (TPSA) is 110 Å². The van der Waals surface area contributed by atoms with Crippen molar-refractivity contribution in [1.82, 2.24) is 19.6 Å². The van der Waals surface area contributed by atoms with E-state index >= 15 is 0 Å².